The van der Waals surface area contributed by atoms with Crippen molar-refractivity contribution in [3.05, 3.63) is 18.2 Å². The van der Waals surface area contributed by atoms with Crippen molar-refractivity contribution < 1.29 is 13.2 Å². The Bertz CT molecular complexity index is 626. The van der Waals surface area contributed by atoms with Gasteiger partial charge in [-0.1, -0.05) is 26.8 Å². The quantitative estimate of drug-likeness (QED) is 0.838. The summed E-state index contributed by atoms with van der Waals surface area (Å²) in [6.45, 7) is 6.66. The van der Waals surface area contributed by atoms with Crippen molar-refractivity contribution in [2.45, 2.75) is 51.0 Å². The van der Waals surface area contributed by atoms with Crippen LogP contribution in [0.2, 0.25) is 0 Å². The van der Waals surface area contributed by atoms with Crippen LogP contribution in [0.25, 0.3) is 0 Å². The van der Waals surface area contributed by atoms with Gasteiger partial charge in [-0.15, -0.1) is 0 Å². The molecule has 0 aliphatic heterocycles. The van der Waals surface area contributed by atoms with E-state index < -0.39 is 10.0 Å². The van der Waals surface area contributed by atoms with E-state index in [-0.39, 0.29) is 22.1 Å². The Kier molecular flexibility index (Phi) is 4.22. The molecule has 21 heavy (non-hydrogen) atoms. The fraction of sp³-hybridized carbons (Fsp3) is 0.600. The minimum absolute atomic E-state index is 0.0433. The van der Waals surface area contributed by atoms with Gasteiger partial charge in [0.25, 0.3) is 0 Å². The summed E-state index contributed by atoms with van der Waals surface area (Å²) in [5.41, 5.74) is 6.22. The van der Waals surface area contributed by atoms with E-state index in [0.29, 0.717) is 11.7 Å². The molecule has 1 saturated carbocycles. The molecule has 0 bridgehead atoms. The Hall–Kier alpha value is -1.27. The molecule has 0 aromatic heterocycles. The molecule has 0 radical (unpaired) electrons. The van der Waals surface area contributed by atoms with Crippen LogP contribution in [0.15, 0.2) is 23.1 Å². The Morgan fingerprint density at radius 2 is 1.95 bits per heavy atom. The van der Waals surface area contributed by atoms with Gasteiger partial charge in [-0.2, -0.15) is 0 Å². The number of ether oxygens (including phenoxy) is 1. The van der Waals surface area contributed by atoms with Crippen molar-refractivity contribution in [3.8, 4) is 5.75 Å². The number of hydrogen-bond donors (Lipinski definition) is 2. The van der Waals surface area contributed by atoms with Crippen LogP contribution in [0.5, 0.6) is 5.75 Å². The molecule has 4 N–H and O–H groups in total. The maximum atomic E-state index is 11.5. The number of nitrogen functional groups attached to an aromatic ring is 1. The topological polar surface area (TPSA) is 95.4 Å². The summed E-state index contributed by atoms with van der Waals surface area (Å²) in [6.07, 6.45) is 3.08. The van der Waals surface area contributed by atoms with Crippen LogP contribution in [-0.2, 0) is 10.0 Å². The Morgan fingerprint density at radius 3 is 2.52 bits per heavy atom. The third-order valence-electron chi connectivity index (χ3n) is 3.97. The lowest BCUT2D eigenvalue weighted by molar-refractivity contribution is 0.0566. The molecule has 1 aromatic rings. The van der Waals surface area contributed by atoms with Crippen LogP contribution in [-0.4, -0.2) is 14.5 Å². The highest BCUT2D eigenvalue weighted by molar-refractivity contribution is 7.89. The number of para-hydroxylation sites is 1. The average Bonchev–Trinajstić information content (AvgIpc) is 2.27. The van der Waals surface area contributed by atoms with E-state index in [0.717, 1.165) is 12.8 Å². The first-order valence-corrected chi connectivity index (χ1v) is 8.71. The molecule has 0 saturated heterocycles. The standard InChI is InChI=1S/C15H24N2O3S/c1-10-7-11(9-15(2,3)8-10)20-12-5-4-6-13(14(12)16)21(17,18)19/h4-6,10-11H,7-9,16H2,1-3H3,(H2,17,18,19). The van der Waals surface area contributed by atoms with E-state index in [4.69, 9.17) is 15.6 Å². The minimum atomic E-state index is -3.84. The van der Waals surface area contributed by atoms with Crippen molar-refractivity contribution >= 4 is 15.7 Å². The molecule has 118 valence electrons. The van der Waals surface area contributed by atoms with Gasteiger partial charge in [-0.25, -0.2) is 13.6 Å². The van der Waals surface area contributed by atoms with Crippen molar-refractivity contribution in [1.82, 2.24) is 0 Å². The number of rotatable bonds is 3. The predicted molar refractivity (Wildman–Crippen MR) is 83.4 cm³/mol. The summed E-state index contributed by atoms with van der Waals surface area (Å²) in [4.78, 5) is -0.0804. The molecule has 0 heterocycles. The highest BCUT2D eigenvalue weighted by atomic mass is 32.2. The number of benzene rings is 1. The van der Waals surface area contributed by atoms with Gasteiger partial charge in [0.15, 0.2) is 0 Å². The molecule has 1 fully saturated rings. The number of sulfonamides is 1. The minimum Gasteiger partial charge on any atom is -0.488 e. The smallest absolute Gasteiger partial charge is 0.240 e. The maximum absolute atomic E-state index is 11.5. The van der Waals surface area contributed by atoms with E-state index in [1.807, 2.05) is 0 Å². The van der Waals surface area contributed by atoms with E-state index in [1.54, 1.807) is 12.1 Å². The zero-order chi connectivity index (χ0) is 15.8. The van der Waals surface area contributed by atoms with Gasteiger partial charge < -0.3 is 10.5 Å². The molecule has 1 aliphatic carbocycles. The lowest BCUT2D eigenvalue weighted by Crippen LogP contribution is -2.34. The summed E-state index contributed by atoms with van der Waals surface area (Å²) in [6, 6.07) is 4.68. The zero-order valence-electron chi connectivity index (χ0n) is 12.8. The van der Waals surface area contributed by atoms with Crippen LogP contribution in [0.4, 0.5) is 5.69 Å². The van der Waals surface area contributed by atoms with Crippen LogP contribution >= 0.6 is 0 Å². The molecular formula is C15H24N2O3S. The Balaban J connectivity index is 2.24. The van der Waals surface area contributed by atoms with E-state index in [2.05, 4.69) is 20.8 Å². The third-order valence-corrected chi connectivity index (χ3v) is 4.94. The summed E-state index contributed by atoms with van der Waals surface area (Å²) >= 11 is 0. The highest BCUT2D eigenvalue weighted by Gasteiger charge is 2.33. The van der Waals surface area contributed by atoms with Crippen LogP contribution in [0, 0.1) is 11.3 Å². The highest BCUT2D eigenvalue weighted by Crippen LogP contribution is 2.41. The Morgan fingerprint density at radius 1 is 1.29 bits per heavy atom. The first-order valence-electron chi connectivity index (χ1n) is 7.16. The monoisotopic (exact) mass is 312 g/mol. The molecule has 2 atom stereocenters. The largest absolute Gasteiger partial charge is 0.488 e. The van der Waals surface area contributed by atoms with Gasteiger partial charge in [0, 0.05) is 0 Å². The van der Waals surface area contributed by atoms with Gasteiger partial charge in [0.1, 0.15) is 10.6 Å². The van der Waals surface area contributed by atoms with Gasteiger partial charge in [-0.05, 0) is 42.7 Å². The summed E-state index contributed by atoms with van der Waals surface area (Å²) in [5.74, 6) is 0.970. The predicted octanol–water partition coefficient (Wildman–Crippen LogP) is 2.51. The van der Waals surface area contributed by atoms with Gasteiger partial charge >= 0.3 is 0 Å². The SMILES string of the molecule is CC1CC(Oc2cccc(S(N)(=O)=O)c2N)CC(C)(C)C1. The number of anilines is 1. The molecular weight excluding hydrogens is 288 g/mol. The molecule has 0 amide bonds. The molecule has 2 unspecified atom stereocenters. The first-order chi connectivity index (χ1) is 9.58. The summed E-state index contributed by atoms with van der Waals surface area (Å²) in [5, 5.41) is 5.16. The van der Waals surface area contributed by atoms with Crippen molar-refractivity contribution in [3.63, 3.8) is 0 Å². The molecule has 0 spiro atoms. The summed E-state index contributed by atoms with van der Waals surface area (Å²) < 4.78 is 29.0. The van der Waals surface area contributed by atoms with Crippen molar-refractivity contribution in [1.29, 1.82) is 0 Å². The number of primary sulfonamides is 1. The Labute approximate surface area is 126 Å². The zero-order valence-corrected chi connectivity index (χ0v) is 13.6. The van der Waals surface area contributed by atoms with Gasteiger partial charge in [0.2, 0.25) is 10.0 Å². The first kappa shape index (κ1) is 16.1. The molecule has 6 heteroatoms. The summed E-state index contributed by atoms with van der Waals surface area (Å²) in [7, 11) is -3.84. The molecule has 1 aromatic carbocycles. The van der Waals surface area contributed by atoms with E-state index in [1.165, 1.54) is 12.5 Å². The lowest BCUT2D eigenvalue weighted by Gasteiger charge is -2.39. The second kappa shape index (κ2) is 5.50. The third kappa shape index (κ3) is 3.89. The van der Waals surface area contributed by atoms with Crippen molar-refractivity contribution in [2.24, 2.45) is 16.5 Å². The van der Waals surface area contributed by atoms with E-state index in [9.17, 15) is 8.42 Å². The van der Waals surface area contributed by atoms with E-state index >= 15 is 0 Å². The van der Waals surface area contributed by atoms with Crippen LogP contribution < -0.4 is 15.6 Å². The number of nitrogens with two attached hydrogens (primary N) is 2. The second-order valence-electron chi connectivity index (χ2n) is 6.87. The van der Waals surface area contributed by atoms with Gasteiger partial charge in [0.05, 0.1) is 11.8 Å². The normalized spacial score (nSPS) is 25.5. The number of hydrogen-bond acceptors (Lipinski definition) is 4. The fourth-order valence-corrected chi connectivity index (χ4v) is 4.08. The van der Waals surface area contributed by atoms with Gasteiger partial charge in [-0.3, -0.25) is 0 Å². The van der Waals surface area contributed by atoms with Crippen LogP contribution in [0.1, 0.15) is 40.0 Å². The maximum Gasteiger partial charge on any atom is 0.240 e. The van der Waals surface area contributed by atoms with Crippen LogP contribution in [0.3, 0.4) is 0 Å². The molecule has 2 rings (SSSR count). The fourth-order valence-electron chi connectivity index (χ4n) is 3.40. The molecule has 5 nitrogen and oxygen atoms in total. The second-order valence-corrected chi connectivity index (χ2v) is 8.40. The average molecular weight is 312 g/mol. The molecule has 1 aliphatic rings. The van der Waals surface area contributed by atoms with Crippen molar-refractivity contribution in [2.75, 3.05) is 5.73 Å². The lowest BCUT2D eigenvalue weighted by atomic mass is 9.71.